The fourth-order valence-electron chi connectivity index (χ4n) is 1.45. The van der Waals surface area contributed by atoms with Gasteiger partial charge in [0.1, 0.15) is 5.82 Å². The highest BCUT2D eigenvalue weighted by molar-refractivity contribution is 5.16. The summed E-state index contributed by atoms with van der Waals surface area (Å²) in [6.07, 6.45) is 2.00. The maximum atomic E-state index is 12.7. The van der Waals surface area contributed by atoms with Crippen LogP contribution in [-0.4, -0.2) is 12.6 Å². The van der Waals surface area contributed by atoms with Gasteiger partial charge in [0.2, 0.25) is 0 Å². The van der Waals surface area contributed by atoms with Crippen molar-refractivity contribution < 1.29 is 4.39 Å². The Bertz CT molecular complexity index is 359. The van der Waals surface area contributed by atoms with E-state index in [4.69, 9.17) is 0 Å². The molecule has 16 heavy (non-hydrogen) atoms. The maximum Gasteiger partial charge on any atom is 0.123 e. The molecule has 0 saturated heterocycles. The Hall–Kier alpha value is -1.33. The zero-order valence-corrected chi connectivity index (χ0v) is 9.89. The maximum absolute atomic E-state index is 12.7. The average molecular weight is 219 g/mol. The van der Waals surface area contributed by atoms with E-state index in [1.807, 2.05) is 19.1 Å². The summed E-state index contributed by atoms with van der Waals surface area (Å²) in [5, 5.41) is 3.32. The lowest BCUT2D eigenvalue weighted by atomic mass is 10.1. The van der Waals surface area contributed by atoms with Crippen molar-refractivity contribution in [2.45, 2.75) is 32.7 Å². The van der Waals surface area contributed by atoms with Gasteiger partial charge in [-0.2, -0.15) is 0 Å². The molecule has 0 aliphatic rings. The molecule has 1 rings (SSSR count). The largest absolute Gasteiger partial charge is 0.304 e. The minimum Gasteiger partial charge on any atom is -0.304 e. The molecule has 0 radical (unpaired) electrons. The fraction of sp³-hybridized carbons (Fsp3) is 0.429. The van der Waals surface area contributed by atoms with Gasteiger partial charge in [-0.15, -0.1) is 5.92 Å². The Morgan fingerprint density at radius 1 is 1.31 bits per heavy atom. The number of nitrogens with one attached hydrogen (secondary N) is 1. The first kappa shape index (κ1) is 12.7. The van der Waals surface area contributed by atoms with Crippen molar-refractivity contribution in [3.8, 4) is 11.8 Å². The lowest BCUT2D eigenvalue weighted by Crippen LogP contribution is -2.26. The summed E-state index contributed by atoms with van der Waals surface area (Å²) in [6.45, 7) is 4.72. The van der Waals surface area contributed by atoms with E-state index >= 15 is 0 Å². The van der Waals surface area contributed by atoms with Crippen LogP contribution in [0, 0.1) is 17.7 Å². The highest BCUT2D eigenvalue weighted by atomic mass is 19.1. The topological polar surface area (TPSA) is 12.0 Å². The summed E-state index contributed by atoms with van der Waals surface area (Å²) in [6, 6.07) is 7.14. The van der Waals surface area contributed by atoms with Crippen LogP contribution in [-0.2, 0) is 6.42 Å². The molecule has 1 unspecified atom stereocenters. The van der Waals surface area contributed by atoms with Crippen LogP contribution in [0.1, 0.15) is 25.8 Å². The molecule has 1 nitrogen and oxygen atoms in total. The van der Waals surface area contributed by atoms with Crippen molar-refractivity contribution in [3.63, 3.8) is 0 Å². The molecule has 1 atom stereocenters. The van der Waals surface area contributed by atoms with E-state index in [-0.39, 0.29) is 5.82 Å². The highest BCUT2D eigenvalue weighted by Gasteiger charge is 2.01. The third kappa shape index (κ3) is 4.95. The van der Waals surface area contributed by atoms with Crippen LogP contribution in [0.5, 0.6) is 0 Å². The SMILES string of the molecule is CC#CCNC(C)CCc1ccc(F)cc1. The molecule has 1 aromatic rings. The lowest BCUT2D eigenvalue weighted by molar-refractivity contribution is 0.546. The molecule has 0 aliphatic carbocycles. The third-order valence-corrected chi connectivity index (χ3v) is 2.49. The molecule has 2 heteroatoms. The summed E-state index contributed by atoms with van der Waals surface area (Å²) in [7, 11) is 0. The predicted molar refractivity (Wildman–Crippen MR) is 65.6 cm³/mol. The van der Waals surface area contributed by atoms with E-state index in [0.29, 0.717) is 6.04 Å². The van der Waals surface area contributed by atoms with Crippen molar-refractivity contribution in [2.75, 3.05) is 6.54 Å². The number of rotatable bonds is 5. The molecule has 0 heterocycles. The van der Waals surface area contributed by atoms with Crippen LogP contribution in [0.3, 0.4) is 0 Å². The van der Waals surface area contributed by atoms with Crippen molar-refractivity contribution in [1.82, 2.24) is 5.32 Å². The zero-order valence-electron chi connectivity index (χ0n) is 9.89. The molecule has 0 saturated carbocycles. The summed E-state index contributed by atoms with van der Waals surface area (Å²) < 4.78 is 12.7. The number of halogens is 1. The van der Waals surface area contributed by atoms with Crippen molar-refractivity contribution in [2.24, 2.45) is 0 Å². The van der Waals surface area contributed by atoms with Crippen LogP contribution in [0.25, 0.3) is 0 Å². The molecule has 0 aliphatic heterocycles. The van der Waals surface area contributed by atoms with Crippen LogP contribution in [0.4, 0.5) is 4.39 Å². The van der Waals surface area contributed by atoms with E-state index in [1.165, 1.54) is 17.7 Å². The smallest absolute Gasteiger partial charge is 0.123 e. The number of benzene rings is 1. The van der Waals surface area contributed by atoms with E-state index in [0.717, 1.165) is 19.4 Å². The lowest BCUT2D eigenvalue weighted by Gasteiger charge is -2.11. The van der Waals surface area contributed by atoms with Gasteiger partial charge in [-0.3, -0.25) is 0 Å². The number of hydrogen-bond acceptors (Lipinski definition) is 1. The molecular formula is C14H18FN. The Labute approximate surface area is 97.1 Å². The standard InChI is InChI=1S/C14H18FN/c1-3-4-11-16-12(2)5-6-13-7-9-14(15)10-8-13/h7-10,12,16H,5-6,11H2,1-2H3. The van der Waals surface area contributed by atoms with Crippen LogP contribution >= 0.6 is 0 Å². The summed E-state index contributed by atoms with van der Waals surface area (Å²) in [4.78, 5) is 0. The van der Waals surface area contributed by atoms with Crippen molar-refractivity contribution in [1.29, 1.82) is 0 Å². The molecule has 0 bridgehead atoms. The molecule has 0 fully saturated rings. The van der Waals surface area contributed by atoms with Gasteiger partial charge in [0.15, 0.2) is 0 Å². The van der Waals surface area contributed by atoms with Crippen LogP contribution in [0.2, 0.25) is 0 Å². The van der Waals surface area contributed by atoms with Gasteiger partial charge >= 0.3 is 0 Å². The minimum atomic E-state index is -0.173. The van der Waals surface area contributed by atoms with Crippen molar-refractivity contribution in [3.05, 3.63) is 35.6 Å². The molecule has 0 spiro atoms. The Morgan fingerprint density at radius 3 is 2.62 bits per heavy atom. The van der Waals surface area contributed by atoms with Gasteiger partial charge in [-0.25, -0.2) is 4.39 Å². The number of aryl methyl sites for hydroxylation is 1. The van der Waals surface area contributed by atoms with Gasteiger partial charge in [-0.1, -0.05) is 18.1 Å². The minimum absolute atomic E-state index is 0.173. The van der Waals surface area contributed by atoms with Gasteiger partial charge < -0.3 is 5.32 Å². The Morgan fingerprint density at radius 2 is 2.00 bits per heavy atom. The Balaban J connectivity index is 2.27. The monoisotopic (exact) mass is 219 g/mol. The van der Waals surface area contributed by atoms with Gasteiger partial charge in [0.25, 0.3) is 0 Å². The first-order valence-electron chi connectivity index (χ1n) is 5.60. The van der Waals surface area contributed by atoms with Gasteiger partial charge in [0, 0.05) is 6.04 Å². The fourth-order valence-corrected chi connectivity index (χ4v) is 1.45. The van der Waals surface area contributed by atoms with Crippen LogP contribution < -0.4 is 5.32 Å². The van der Waals surface area contributed by atoms with E-state index in [2.05, 4.69) is 24.1 Å². The highest BCUT2D eigenvalue weighted by Crippen LogP contribution is 2.06. The summed E-state index contributed by atoms with van der Waals surface area (Å²) >= 11 is 0. The molecule has 0 amide bonds. The summed E-state index contributed by atoms with van der Waals surface area (Å²) in [5.41, 5.74) is 1.18. The Kier molecular flexibility index (Phi) is 5.60. The first-order chi connectivity index (χ1) is 7.72. The summed E-state index contributed by atoms with van der Waals surface area (Å²) in [5.74, 6) is 5.65. The number of hydrogen-bond donors (Lipinski definition) is 1. The third-order valence-electron chi connectivity index (χ3n) is 2.49. The van der Waals surface area contributed by atoms with Crippen LogP contribution in [0.15, 0.2) is 24.3 Å². The molecular weight excluding hydrogens is 201 g/mol. The second-order valence-corrected chi connectivity index (χ2v) is 3.87. The second-order valence-electron chi connectivity index (χ2n) is 3.87. The predicted octanol–water partition coefficient (Wildman–Crippen LogP) is 2.76. The molecule has 1 N–H and O–H groups in total. The second kappa shape index (κ2) is 7.03. The van der Waals surface area contributed by atoms with Crippen molar-refractivity contribution >= 4 is 0 Å². The molecule has 0 aromatic heterocycles. The first-order valence-corrected chi connectivity index (χ1v) is 5.60. The van der Waals surface area contributed by atoms with E-state index in [1.54, 1.807) is 0 Å². The normalized spacial score (nSPS) is 11.7. The van der Waals surface area contributed by atoms with E-state index in [9.17, 15) is 4.39 Å². The average Bonchev–Trinajstić information content (AvgIpc) is 2.29. The zero-order chi connectivity index (χ0) is 11.8. The quantitative estimate of drug-likeness (QED) is 0.751. The molecule has 1 aromatic carbocycles. The van der Waals surface area contributed by atoms with E-state index < -0.39 is 0 Å². The van der Waals surface area contributed by atoms with Gasteiger partial charge in [-0.05, 0) is 44.4 Å². The van der Waals surface area contributed by atoms with Gasteiger partial charge in [0.05, 0.1) is 6.54 Å². The molecule has 86 valence electrons.